The maximum Gasteiger partial charge on any atom is 0.119 e. The van der Waals surface area contributed by atoms with E-state index in [1.54, 1.807) is 0 Å². The van der Waals surface area contributed by atoms with E-state index >= 15 is 0 Å². The Labute approximate surface area is 156 Å². The lowest BCUT2D eigenvalue weighted by atomic mass is 10.1. The van der Waals surface area contributed by atoms with Gasteiger partial charge in [-0.2, -0.15) is 0 Å². The maximum absolute atomic E-state index is 5.71. The highest BCUT2D eigenvalue weighted by Gasteiger charge is 2.00. The Morgan fingerprint density at radius 1 is 0.960 bits per heavy atom. The Kier molecular flexibility index (Phi) is 6.74. The van der Waals surface area contributed by atoms with Gasteiger partial charge in [0.1, 0.15) is 12.4 Å². The number of nitrogens with one attached hydrogen (secondary N) is 1. The monoisotopic (exact) mass is 370 g/mol. The number of pyridine rings is 1. The highest BCUT2D eigenvalue weighted by Crippen LogP contribution is 2.24. The fourth-order valence-corrected chi connectivity index (χ4v) is 2.98. The Morgan fingerprint density at radius 3 is 2.52 bits per heavy atom. The number of halogens is 1. The van der Waals surface area contributed by atoms with Gasteiger partial charge in [-0.1, -0.05) is 30.3 Å². The molecule has 128 valence electrons. The van der Waals surface area contributed by atoms with E-state index in [4.69, 9.17) is 15.4 Å². The summed E-state index contributed by atoms with van der Waals surface area (Å²) in [6.07, 6.45) is 3.79. The molecule has 5 heteroatoms. The second-order valence-electron chi connectivity index (χ2n) is 5.52. The van der Waals surface area contributed by atoms with Gasteiger partial charge in [-0.05, 0) is 63.1 Å². The zero-order valence-electron chi connectivity index (χ0n) is 13.7. The van der Waals surface area contributed by atoms with Crippen LogP contribution in [0.5, 0.6) is 5.75 Å². The molecular formula is C20H19ClN2OS. The van der Waals surface area contributed by atoms with Gasteiger partial charge in [0.25, 0.3) is 0 Å². The minimum atomic E-state index is 0.610. The first kappa shape index (κ1) is 17.8. The van der Waals surface area contributed by atoms with E-state index < -0.39 is 0 Å². The van der Waals surface area contributed by atoms with Gasteiger partial charge in [-0.3, -0.25) is 4.98 Å². The van der Waals surface area contributed by atoms with E-state index in [0.29, 0.717) is 6.61 Å². The number of benzene rings is 2. The molecule has 2 aromatic carbocycles. The highest BCUT2D eigenvalue weighted by molar-refractivity contribution is 8.21. The number of ether oxygens (including phenoxy) is 1. The van der Waals surface area contributed by atoms with Gasteiger partial charge >= 0.3 is 0 Å². The smallest absolute Gasteiger partial charge is 0.119 e. The molecule has 0 atom stereocenters. The van der Waals surface area contributed by atoms with E-state index in [2.05, 4.69) is 28.5 Å². The number of rotatable bonds is 8. The van der Waals surface area contributed by atoms with Crippen LogP contribution < -0.4 is 10.1 Å². The molecule has 0 aliphatic carbocycles. The molecule has 0 unspecified atom stereocenters. The molecule has 3 rings (SSSR count). The second kappa shape index (κ2) is 9.47. The molecular weight excluding hydrogens is 352 g/mol. The lowest BCUT2D eigenvalue weighted by molar-refractivity contribution is 0.313. The van der Waals surface area contributed by atoms with Crippen molar-refractivity contribution in [2.24, 2.45) is 0 Å². The molecule has 3 nitrogen and oxygen atoms in total. The molecule has 0 radical (unpaired) electrons. The van der Waals surface area contributed by atoms with Crippen molar-refractivity contribution in [3.05, 3.63) is 78.6 Å². The van der Waals surface area contributed by atoms with Gasteiger partial charge in [0.05, 0.1) is 0 Å². The number of aromatic nitrogens is 1. The molecule has 3 aromatic rings. The molecule has 1 heterocycles. The van der Waals surface area contributed by atoms with Gasteiger partial charge in [0.2, 0.25) is 0 Å². The third kappa shape index (κ3) is 5.49. The van der Waals surface area contributed by atoms with Crippen molar-refractivity contribution in [2.75, 3.05) is 13.2 Å². The van der Waals surface area contributed by atoms with Crippen molar-refractivity contribution in [2.45, 2.75) is 11.4 Å². The molecule has 0 amide bonds. The molecule has 0 aliphatic rings. The summed E-state index contributed by atoms with van der Waals surface area (Å²) in [5.74, 6) is 0.851. The van der Waals surface area contributed by atoms with Crippen molar-refractivity contribution < 1.29 is 4.74 Å². The molecule has 0 spiro atoms. The summed E-state index contributed by atoms with van der Waals surface area (Å²) in [4.78, 5) is 5.35. The molecule has 0 aliphatic heterocycles. The molecule has 0 bridgehead atoms. The van der Waals surface area contributed by atoms with Crippen molar-refractivity contribution in [1.29, 1.82) is 0 Å². The number of hydrogen-bond donors (Lipinski definition) is 1. The summed E-state index contributed by atoms with van der Waals surface area (Å²) in [6, 6.07) is 20.2. The van der Waals surface area contributed by atoms with Crippen LogP contribution in [0.3, 0.4) is 0 Å². The lowest BCUT2D eigenvalue weighted by Crippen LogP contribution is -2.20. The van der Waals surface area contributed by atoms with Crippen LogP contribution in [-0.2, 0) is 6.54 Å². The van der Waals surface area contributed by atoms with Crippen LogP contribution in [0, 0.1) is 0 Å². The molecule has 1 aromatic heterocycles. The first-order chi connectivity index (χ1) is 12.3. The van der Waals surface area contributed by atoms with Gasteiger partial charge in [-0.15, -0.1) is 0 Å². The maximum atomic E-state index is 5.71. The number of nitrogens with zero attached hydrogens (tertiary/aromatic N) is 1. The van der Waals surface area contributed by atoms with Gasteiger partial charge < -0.3 is 10.1 Å². The first-order valence-corrected chi connectivity index (χ1v) is 9.71. The zero-order chi connectivity index (χ0) is 17.3. The summed E-state index contributed by atoms with van der Waals surface area (Å²) >= 11 is 0. The van der Waals surface area contributed by atoms with Crippen LogP contribution in [0.2, 0.25) is 0 Å². The minimum Gasteiger partial charge on any atom is -0.492 e. The van der Waals surface area contributed by atoms with E-state index in [1.807, 2.05) is 54.9 Å². The van der Waals surface area contributed by atoms with E-state index in [9.17, 15) is 0 Å². The Balaban J connectivity index is 1.44. The Morgan fingerprint density at radius 2 is 1.76 bits per heavy atom. The molecule has 25 heavy (non-hydrogen) atoms. The zero-order valence-corrected chi connectivity index (χ0v) is 15.3. The van der Waals surface area contributed by atoms with Gasteiger partial charge in [0, 0.05) is 35.9 Å². The molecule has 0 saturated carbocycles. The van der Waals surface area contributed by atoms with E-state index in [-0.39, 0.29) is 0 Å². The van der Waals surface area contributed by atoms with Gasteiger partial charge in [-0.25, -0.2) is 0 Å². The van der Waals surface area contributed by atoms with Crippen LogP contribution in [0.25, 0.3) is 11.1 Å². The summed E-state index contributed by atoms with van der Waals surface area (Å²) in [5, 5.41) is 3.38. The predicted octanol–water partition coefficient (Wildman–Crippen LogP) is 5.16. The van der Waals surface area contributed by atoms with Crippen molar-refractivity contribution in [3.8, 4) is 16.9 Å². The van der Waals surface area contributed by atoms with Crippen molar-refractivity contribution in [1.82, 2.24) is 10.3 Å². The average molecular weight is 371 g/mol. The predicted molar refractivity (Wildman–Crippen MR) is 105 cm³/mol. The van der Waals surface area contributed by atoms with Crippen LogP contribution in [0.1, 0.15) is 5.56 Å². The second-order valence-corrected chi connectivity index (χ2v) is 6.61. The van der Waals surface area contributed by atoms with Crippen molar-refractivity contribution >= 4 is 21.7 Å². The SMILES string of the molecule is ClSc1ccc(OCCNCc2cncc(-c3ccccc3)c2)cc1. The Hall–Kier alpha value is -2.01. The van der Waals surface area contributed by atoms with E-state index in [1.165, 1.54) is 16.5 Å². The van der Waals surface area contributed by atoms with Crippen LogP contribution >= 0.6 is 21.7 Å². The lowest BCUT2D eigenvalue weighted by Gasteiger charge is -2.09. The summed E-state index contributed by atoms with van der Waals surface area (Å²) in [7, 11) is 6.90. The normalized spacial score (nSPS) is 10.6. The standard InChI is InChI=1S/C20H19ClN2OS/c21-25-20-8-6-19(7-9-20)24-11-10-22-13-16-12-18(15-23-14-16)17-4-2-1-3-5-17/h1-9,12,14-15,22H,10-11,13H2. The minimum absolute atomic E-state index is 0.610. The summed E-state index contributed by atoms with van der Waals surface area (Å²) in [6.45, 7) is 2.14. The average Bonchev–Trinajstić information content (AvgIpc) is 2.69. The third-order valence-electron chi connectivity index (χ3n) is 3.69. The van der Waals surface area contributed by atoms with Crippen LogP contribution in [0.4, 0.5) is 0 Å². The van der Waals surface area contributed by atoms with Gasteiger partial charge in [0.15, 0.2) is 0 Å². The van der Waals surface area contributed by atoms with Crippen LogP contribution in [-0.4, -0.2) is 18.1 Å². The Bertz CT molecular complexity index is 781. The largest absolute Gasteiger partial charge is 0.492 e. The summed E-state index contributed by atoms with van der Waals surface area (Å²) < 4.78 is 5.71. The highest BCUT2D eigenvalue weighted by atomic mass is 35.7. The molecule has 1 N–H and O–H groups in total. The third-order valence-corrected chi connectivity index (χ3v) is 4.68. The molecule has 0 fully saturated rings. The fraction of sp³-hybridized carbons (Fsp3) is 0.150. The topological polar surface area (TPSA) is 34.1 Å². The van der Waals surface area contributed by atoms with Crippen molar-refractivity contribution in [3.63, 3.8) is 0 Å². The molecule has 0 saturated heterocycles. The quantitative estimate of drug-likeness (QED) is 0.555. The van der Waals surface area contributed by atoms with E-state index in [0.717, 1.165) is 34.9 Å². The number of hydrogen-bond acceptors (Lipinski definition) is 4. The summed E-state index contributed by atoms with van der Waals surface area (Å²) in [5.41, 5.74) is 3.47. The fourth-order valence-electron chi connectivity index (χ4n) is 2.43. The first-order valence-electron chi connectivity index (χ1n) is 8.07. The van der Waals surface area contributed by atoms with Crippen LogP contribution in [0.15, 0.2) is 78.0 Å².